The van der Waals surface area contributed by atoms with Crippen LogP contribution in [0.2, 0.25) is 0 Å². The van der Waals surface area contributed by atoms with Crippen molar-refractivity contribution in [3.63, 3.8) is 0 Å². The minimum atomic E-state index is -0.252. The molecule has 0 radical (unpaired) electrons. The van der Waals surface area contributed by atoms with Gasteiger partial charge in [0.15, 0.2) is 0 Å². The van der Waals surface area contributed by atoms with Crippen molar-refractivity contribution in [3.05, 3.63) is 38.8 Å². The Kier molecular flexibility index (Phi) is 4.11. The molecule has 0 fully saturated rings. The highest BCUT2D eigenvalue weighted by Crippen LogP contribution is 2.26. The molecule has 0 aliphatic heterocycles. The maximum absolute atomic E-state index is 14.0. The van der Waals surface area contributed by atoms with Gasteiger partial charge in [0.2, 0.25) is 0 Å². The van der Waals surface area contributed by atoms with Crippen molar-refractivity contribution in [2.45, 2.75) is 27.2 Å². The van der Waals surface area contributed by atoms with Crippen molar-refractivity contribution < 1.29 is 4.39 Å². The highest BCUT2D eigenvalue weighted by Gasteiger charge is 2.18. The van der Waals surface area contributed by atoms with E-state index in [0.29, 0.717) is 12.1 Å². The van der Waals surface area contributed by atoms with E-state index in [1.807, 2.05) is 19.1 Å². The summed E-state index contributed by atoms with van der Waals surface area (Å²) in [5.41, 5.74) is 8.16. The third-order valence-corrected chi connectivity index (χ3v) is 3.93. The molecule has 1 heterocycles. The van der Waals surface area contributed by atoms with Crippen LogP contribution in [-0.4, -0.2) is 11.5 Å². The number of hydrogen-bond acceptors (Lipinski definition) is 2. The number of fused-ring (bicyclic) bond motifs is 1. The Morgan fingerprint density at radius 1 is 1.32 bits per heavy atom. The first-order valence-corrected chi connectivity index (χ1v) is 7.35. The van der Waals surface area contributed by atoms with E-state index in [2.05, 4.69) is 41.4 Å². The Morgan fingerprint density at radius 3 is 2.63 bits per heavy atom. The number of halogens is 2. The van der Waals surface area contributed by atoms with Crippen LogP contribution in [0.3, 0.4) is 0 Å². The van der Waals surface area contributed by atoms with Gasteiger partial charge in [-0.2, -0.15) is 0 Å². The van der Waals surface area contributed by atoms with E-state index in [1.165, 1.54) is 6.07 Å². The largest absolute Gasteiger partial charge is 0.330 e. The van der Waals surface area contributed by atoms with Crippen molar-refractivity contribution >= 4 is 33.5 Å². The lowest BCUT2D eigenvalue weighted by Crippen LogP contribution is -2.26. The maximum atomic E-state index is 14.0. The van der Waals surface area contributed by atoms with Crippen LogP contribution < -0.4 is 5.73 Å². The van der Waals surface area contributed by atoms with Gasteiger partial charge in [-0.15, -0.1) is 0 Å². The van der Waals surface area contributed by atoms with E-state index in [4.69, 9.17) is 5.73 Å². The van der Waals surface area contributed by atoms with E-state index in [9.17, 15) is 4.39 Å². The molecule has 2 aromatic rings. The molecule has 0 spiro atoms. The van der Waals surface area contributed by atoms with Crippen molar-refractivity contribution in [2.24, 2.45) is 11.1 Å². The summed E-state index contributed by atoms with van der Waals surface area (Å²) < 4.78 is 14.9. The summed E-state index contributed by atoms with van der Waals surface area (Å²) in [4.78, 5) is 4.48. The number of benzene rings is 1. The Labute approximate surface area is 126 Å². The van der Waals surface area contributed by atoms with Gasteiger partial charge in [0, 0.05) is 14.7 Å². The van der Waals surface area contributed by atoms with Gasteiger partial charge in [0.05, 0.1) is 0 Å². The summed E-state index contributed by atoms with van der Waals surface area (Å²) >= 11 is 2.12. The maximum Gasteiger partial charge on any atom is 0.150 e. The predicted molar refractivity (Wildman–Crippen MR) is 85.7 cm³/mol. The Bertz CT molecular complexity index is 623. The van der Waals surface area contributed by atoms with Crippen LogP contribution >= 0.6 is 22.6 Å². The summed E-state index contributed by atoms with van der Waals surface area (Å²) in [5, 5.41) is 0.888. The molecular formula is C15H18FIN2. The minimum absolute atomic E-state index is 0.0210. The van der Waals surface area contributed by atoms with Gasteiger partial charge in [-0.3, -0.25) is 0 Å². The fourth-order valence-electron chi connectivity index (χ4n) is 2.14. The van der Waals surface area contributed by atoms with Gasteiger partial charge in [-0.25, -0.2) is 9.37 Å². The average Bonchev–Trinajstić information content (AvgIpc) is 2.30. The molecule has 19 heavy (non-hydrogen) atoms. The molecule has 1 aromatic carbocycles. The zero-order chi connectivity index (χ0) is 14.2. The van der Waals surface area contributed by atoms with Gasteiger partial charge in [0.1, 0.15) is 11.3 Å². The Balaban J connectivity index is 2.56. The molecule has 2 N–H and O–H groups in total. The van der Waals surface area contributed by atoms with Crippen LogP contribution in [0.15, 0.2) is 18.2 Å². The van der Waals surface area contributed by atoms with Crippen molar-refractivity contribution in [2.75, 3.05) is 6.54 Å². The highest BCUT2D eigenvalue weighted by atomic mass is 127. The van der Waals surface area contributed by atoms with Crippen LogP contribution in [0.25, 0.3) is 10.9 Å². The van der Waals surface area contributed by atoms with Crippen molar-refractivity contribution in [1.82, 2.24) is 4.98 Å². The SMILES string of the molecule is Cc1cc(CC(C)(C)CN)nc2c(F)cc(I)cc12. The van der Waals surface area contributed by atoms with E-state index in [0.717, 1.165) is 26.6 Å². The predicted octanol–water partition coefficient (Wildman–Crippen LogP) is 3.81. The summed E-state index contributed by atoms with van der Waals surface area (Å²) in [6, 6.07) is 5.53. The average molecular weight is 372 g/mol. The van der Waals surface area contributed by atoms with Crippen LogP contribution in [-0.2, 0) is 6.42 Å². The fourth-order valence-corrected chi connectivity index (χ4v) is 2.72. The van der Waals surface area contributed by atoms with E-state index >= 15 is 0 Å². The summed E-state index contributed by atoms with van der Waals surface area (Å²) in [7, 11) is 0. The Morgan fingerprint density at radius 2 is 2.00 bits per heavy atom. The second-order valence-corrected chi connectivity index (χ2v) is 7.01. The second kappa shape index (κ2) is 5.32. The number of hydrogen-bond donors (Lipinski definition) is 1. The quantitative estimate of drug-likeness (QED) is 0.833. The zero-order valence-corrected chi connectivity index (χ0v) is 13.6. The molecule has 2 rings (SSSR count). The standard InChI is InChI=1S/C15H18FIN2/c1-9-4-11(7-15(2,3)8-18)19-14-12(9)5-10(17)6-13(14)16/h4-6H,7-8,18H2,1-3H3. The molecule has 102 valence electrons. The smallest absolute Gasteiger partial charge is 0.150 e. The van der Waals surface area contributed by atoms with Crippen molar-refractivity contribution in [1.29, 1.82) is 0 Å². The molecule has 0 saturated heterocycles. The normalized spacial score (nSPS) is 12.1. The summed E-state index contributed by atoms with van der Waals surface area (Å²) in [5.74, 6) is -0.252. The summed E-state index contributed by atoms with van der Waals surface area (Å²) in [6.07, 6.45) is 0.756. The first kappa shape index (κ1) is 14.7. The van der Waals surface area contributed by atoms with Gasteiger partial charge in [-0.05, 0) is 71.7 Å². The third-order valence-electron chi connectivity index (χ3n) is 3.30. The number of nitrogens with zero attached hydrogens (tertiary/aromatic N) is 1. The highest BCUT2D eigenvalue weighted by molar-refractivity contribution is 14.1. The van der Waals surface area contributed by atoms with Gasteiger partial charge < -0.3 is 5.73 Å². The topological polar surface area (TPSA) is 38.9 Å². The molecule has 0 saturated carbocycles. The number of aryl methyl sites for hydroxylation is 1. The lowest BCUT2D eigenvalue weighted by molar-refractivity contribution is 0.373. The van der Waals surface area contributed by atoms with E-state index < -0.39 is 0 Å². The first-order valence-electron chi connectivity index (χ1n) is 6.28. The molecule has 1 aromatic heterocycles. The van der Waals surface area contributed by atoms with Crippen molar-refractivity contribution in [3.8, 4) is 0 Å². The monoisotopic (exact) mass is 372 g/mol. The minimum Gasteiger partial charge on any atom is -0.330 e. The Hall–Kier alpha value is -0.750. The van der Waals surface area contributed by atoms with Gasteiger partial charge >= 0.3 is 0 Å². The van der Waals surface area contributed by atoms with Crippen LogP contribution in [0.1, 0.15) is 25.1 Å². The lowest BCUT2D eigenvalue weighted by atomic mass is 9.87. The molecular weight excluding hydrogens is 354 g/mol. The van der Waals surface area contributed by atoms with Crippen LogP contribution in [0.5, 0.6) is 0 Å². The molecule has 0 aliphatic carbocycles. The third kappa shape index (κ3) is 3.23. The fraction of sp³-hybridized carbons (Fsp3) is 0.400. The summed E-state index contributed by atoms with van der Waals surface area (Å²) in [6.45, 7) is 6.77. The lowest BCUT2D eigenvalue weighted by Gasteiger charge is -2.22. The molecule has 0 amide bonds. The molecule has 0 aliphatic rings. The van der Waals surface area contributed by atoms with Gasteiger partial charge in [0.25, 0.3) is 0 Å². The van der Waals surface area contributed by atoms with Crippen LogP contribution in [0.4, 0.5) is 4.39 Å². The van der Waals surface area contributed by atoms with Crippen LogP contribution in [0, 0.1) is 21.7 Å². The second-order valence-electron chi connectivity index (χ2n) is 5.76. The number of aromatic nitrogens is 1. The molecule has 4 heteroatoms. The van der Waals surface area contributed by atoms with E-state index in [-0.39, 0.29) is 11.2 Å². The number of rotatable bonds is 3. The molecule has 0 atom stereocenters. The number of pyridine rings is 1. The molecule has 0 bridgehead atoms. The zero-order valence-electron chi connectivity index (χ0n) is 11.4. The number of nitrogens with two attached hydrogens (primary N) is 1. The van der Waals surface area contributed by atoms with E-state index in [1.54, 1.807) is 0 Å². The first-order chi connectivity index (χ1) is 8.82. The molecule has 2 nitrogen and oxygen atoms in total. The molecule has 0 unspecified atom stereocenters. The van der Waals surface area contributed by atoms with Gasteiger partial charge in [-0.1, -0.05) is 13.8 Å².